The molecule has 1 aromatic rings. The summed E-state index contributed by atoms with van der Waals surface area (Å²) in [5.41, 5.74) is 1.10. The van der Waals surface area contributed by atoms with Crippen LogP contribution < -0.4 is 10.6 Å². The summed E-state index contributed by atoms with van der Waals surface area (Å²) in [7, 11) is 0. The van der Waals surface area contributed by atoms with E-state index in [1.165, 1.54) is 12.8 Å². The van der Waals surface area contributed by atoms with Crippen LogP contribution in [0.4, 0.5) is 5.82 Å². The van der Waals surface area contributed by atoms with Crippen LogP contribution in [0.5, 0.6) is 0 Å². The number of anilines is 1. The number of aryl methyl sites for hydroxylation is 2. The van der Waals surface area contributed by atoms with Gasteiger partial charge in [-0.3, -0.25) is 0 Å². The molecule has 1 heterocycles. The van der Waals surface area contributed by atoms with Crippen LogP contribution >= 0.6 is 0 Å². The first-order chi connectivity index (χ1) is 7.78. The third-order valence-electron chi connectivity index (χ3n) is 2.69. The Bertz CT molecular complexity index is 347. The van der Waals surface area contributed by atoms with Crippen molar-refractivity contribution in [2.45, 2.75) is 39.2 Å². The Morgan fingerprint density at radius 1 is 1.31 bits per heavy atom. The van der Waals surface area contributed by atoms with Gasteiger partial charge in [-0.1, -0.05) is 6.92 Å². The summed E-state index contributed by atoms with van der Waals surface area (Å²) in [6.45, 7) is 5.98. The molecule has 2 N–H and O–H groups in total. The number of hydrogen-bond acceptors (Lipinski definition) is 4. The minimum atomic E-state index is 0.778. The van der Waals surface area contributed by atoms with Gasteiger partial charge in [0.05, 0.1) is 0 Å². The molecule has 0 aromatic carbocycles. The van der Waals surface area contributed by atoms with Crippen LogP contribution in [0.15, 0.2) is 6.07 Å². The Morgan fingerprint density at radius 2 is 2.12 bits per heavy atom. The predicted molar refractivity (Wildman–Crippen MR) is 65.7 cm³/mol. The van der Waals surface area contributed by atoms with Crippen molar-refractivity contribution >= 4 is 5.82 Å². The normalized spacial score (nSPS) is 15.1. The quantitative estimate of drug-likeness (QED) is 0.714. The van der Waals surface area contributed by atoms with Crippen LogP contribution in [0, 0.1) is 6.92 Å². The van der Waals surface area contributed by atoms with Crippen LogP contribution in [0.2, 0.25) is 0 Å². The molecule has 0 spiro atoms. The molecule has 1 aliphatic rings. The zero-order valence-electron chi connectivity index (χ0n) is 10.1. The van der Waals surface area contributed by atoms with Gasteiger partial charge in [0.15, 0.2) is 0 Å². The molecule has 0 radical (unpaired) electrons. The lowest BCUT2D eigenvalue weighted by Gasteiger charge is -2.08. The Morgan fingerprint density at radius 3 is 2.81 bits per heavy atom. The van der Waals surface area contributed by atoms with Crippen molar-refractivity contribution in [2.24, 2.45) is 0 Å². The maximum Gasteiger partial charge on any atom is 0.129 e. The highest BCUT2D eigenvalue weighted by Gasteiger charge is 2.19. The first kappa shape index (κ1) is 11.3. The minimum Gasteiger partial charge on any atom is -0.369 e. The lowest BCUT2D eigenvalue weighted by atomic mass is 10.3. The van der Waals surface area contributed by atoms with Crippen molar-refractivity contribution in [1.29, 1.82) is 0 Å². The summed E-state index contributed by atoms with van der Waals surface area (Å²) >= 11 is 0. The monoisotopic (exact) mass is 220 g/mol. The van der Waals surface area contributed by atoms with Gasteiger partial charge in [0, 0.05) is 30.9 Å². The van der Waals surface area contributed by atoms with E-state index in [1.807, 2.05) is 13.0 Å². The van der Waals surface area contributed by atoms with Crippen molar-refractivity contribution < 1.29 is 0 Å². The summed E-state index contributed by atoms with van der Waals surface area (Å²) in [6, 6.07) is 2.81. The number of nitrogens with zero attached hydrogens (tertiary/aromatic N) is 2. The van der Waals surface area contributed by atoms with Crippen LogP contribution in [-0.2, 0) is 6.42 Å². The Hall–Kier alpha value is -1.16. The molecule has 0 amide bonds. The highest BCUT2D eigenvalue weighted by Crippen LogP contribution is 2.17. The van der Waals surface area contributed by atoms with Crippen molar-refractivity contribution in [3.63, 3.8) is 0 Å². The topological polar surface area (TPSA) is 49.8 Å². The Balaban J connectivity index is 1.80. The minimum absolute atomic E-state index is 0.778. The second-order valence-electron chi connectivity index (χ2n) is 4.30. The summed E-state index contributed by atoms with van der Waals surface area (Å²) in [6.07, 6.45) is 3.64. The first-order valence-corrected chi connectivity index (χ1v) is 6.09. The van der Waals surface area contributed by atoms with Gasteiger partial charge in [-0.2, -0.15) is 0 Å². The van der Waals surface area contributed by atoms with Crippen molar-refractivity contribution in [1.82, 2.24) is 15.3 Å². The molecule has 0 saturated heterocycles. The van der Waals surface area contributed by atoms with Gasteiger partial charge < -0.3 is 10.6 Å². The molecule has 1 aromatic heterocycles. The number of hydrogen-bond donors (Lipinski definition) is 2. The highest BCUT2D eigenvalue weighted by molar-refractivity contribution is 5.35. The molecule has 1 aliphatic carbocycles. The molecule has 1 saturated carbocycles. The van der Waals surface area contributed by atoms with E-state index in [9.17, 15) is 0 Å². The van der Waals surface area contributed by atoms with Gasteiger partial charge in [0.1, 0.15) is 11.6 Å². The van der Waals surface area contributed by atoms with Gasteiger partial charge in [-0.05, 0) is 26.2 Å². The summed E-state index contributed by atoms with van der Waals surface area (Å²) in [4.78, 5) is 8.72. The first-order valence-electron chi connectivity index (χ1n) is 6.09. The smallest absolute Gasteiger partial charge is 0.129 e. The van der Waals surface area contributed by atoms with Crippen molar-refractivity contribution in [3.05, 3.63) is 17.6 Å². The van der Waals surface area contributed by atoms with E-state index in [2.05, 4.69) is 27.5 Å². The Labute approximate surface area is 96.9 Å². The van der Waals surface area contributed by atoms with Crippen molar-refractivity contribution in [3.8, 4) is 0 Å². The SMILES string of the molecule is CCc1cc(NCCNC2CC2)nc(C)n1. The van der Waals surface area contributed by atoms with Gasteiger partial charge in [-0.25, -0.2) is 9.97 Å². The maximum atomic E-state index is 4.36. The molecule has 0 aliphatic heterocycles. The molecule has 0 bridgehead atoms. The zero-order valence-corrected chi connectivity index (χ0v) is 10.1. The van der Waals surface area contributed by atoms with E-state index in [0.717, 1.165) is 42.9 Å². The number of nitrogens with one attached hydrogen (secondary N) is 2. The molecule has 2 rings (SSSR count). The predicted octanol–water partition coefficient (Wildman–Crippen LogP) is 1.51. The van der Waals surface area contributed by atoms with E-state index in [1.54, 1.807) is 0 Å². The Kier molecular flexibility index (Phi) is 3.72. The fourth-order valence-corrected chi connectivity index (χ4v) is 1.66. The standard InChI is InChI=1S/C12H20N4/c1-3-10-8-12(16-9(2)15-10)14-7-6-13-11-4-5-11/h8,11,13H,3-7H2,1-2H3,(H,14,15,16). The van der Waals surface area contributed by atoms with E-state index in [0.29, 0.717) is 0 Å². The van der Waals surface area contributed by atoms with Crippen LogP contribution in [0.25, 0.3) is 0 Å². The van der Waals surface area contributed by atoms with E-state index in [-0.39, 0.29) is 0 Å². The molecule has 0 atom stereocenters. The third kappa shape index (κ3) is 3.45. The number of aromatic nitrogens is 2. The fraction of sp³-hybridized carbons (Fsp3) is 0.667. The lowest BCUT2D eigenvalue weighted by molar-refractivity contribution is 0.700. The van der Waals surface area contributed by atoms with Crippen LogP contribution in [0.1, 0.15) is 31.3 Å². The lowest BCUT2D eigenvalue weighted by Crippen LogP contribution is -2.24. The third-order valence-corrected chi connectivity index (χ3v) is 2.69. The second-order valence-corrected chi connectivity index (χ2v) is 4.30. The van der Waals surface area contributed by atoms with E-state index < -0.39 is 0 Å². The van der Waals surface area contributed by atoms with Gasteiger partial charge in [0.25, 0.3) is 0 Å². The summed E-state index contributed by atoms with van der Waals surface area (Å²) in [5, 5.41) is 6.79. The molecule has 88 valence electrons. The average molecular weight is 220 g/mol. The summed E-state index contributed by atoms with van der Waals surface area (Å²) in [5.74, 6) is 1.79. The molecule has 4 nitrogen and oxygen atoms in total. The zero-order chi connectivity index (χ0) is 11.4. The second kappa shape index (κ2) is 5.25. The summed E-state index contributed by atoms with van der Waals surface area (Å²) < 4.78 is 0. The fourth-order valence-electron chi connectivity index (χ4n) is 1.66. The van der Waals surface area contributed by atoms with Gasteiger partial charge in [-0.15, -0.1) is 0 Å². The average Bonchev–Trinajstić information content (AvgIpc) is 3.07. The molecule has 1 fully saturated rings. The molecule has 4 heteroatoms. The number of rotatable bonds is 6. The van der Waals surface area contributed by atoms with Crippen LogP contribution in [-0.4, -0.2) is 29.1 Å². The van der Waals surface area contributed by atoms with E-state index >= 15 is 0 Å². The largest absolute Gasteiger partial charge is 0.369 e. The molecule has 0 unspecified atom stereocenters. The van der Waals surface area contributed by atoms with Gasteiger partial charge >= 0.3 is 0 Å². The van der Waals surface area contributed by atoms with Gasteiger partial charge in [0.2, 0.25) is 0 Å². The van der Waals surface area contributed by atoms with Crippen LogP contribution in [0.3, 0.4) is 0 Å². The molecule has 16 heavy (non-hydrogen) atoms. The highest BCUT2D eigenvalue weighted by atomic mass is 15.1. The molecular weight excluding hydrogens is 200 g/mol. The molecular formula is C12H20N4. The van der Waals surface area contributed by atoms with E-state index in [4.69, 9.17) is 0 Å². The van der Waals surface area contributed by atoms with Crippen molar-refractivity contribution in [2.75, 3.05) is 18.4 Å². The maximum absolute atomic E-state index is 4.36.